The van der Waals surface area contributed by atoms with E-state index in [0.29, 0.717) is 13.2 Å². The van der Waals surface area contributed by atoms with Gasteiger partial charge in [-0.05, 0) is 30.5 Å². The van der Waals surface area contributed by atoms with E-state index in [1.165, 1.54) is 18.4 Å². The highest BCUT2D eigenvalue weighted by Gasteiger charge is 2.27. The SMILES string of the molecule is OC1COCC1Oc1ccc(CNC2CC2)cc1. The molecular formula is C14H19NO3. The molecule has 2 unspecified atom stereocenters. The number of aliphatic hydroxyl groups excluding tert-OH is 1. The second kappa shape index (κ2) is 5.26. The van der Waals surface area contributed by atoms with Crippen LogP contribution in [0.3, 0.4) is 0 Å². The Labute approximate surface area is 107 Å². The summed E-state index contributed by atoms with van der Waals surface area (Å²) < 4.78 is 10.8. The monoisotopic (exact) mass is 249 g/mol. The lowest BCUT2D eigenvalue weighted by molar-refractivity contribution is 0.0733. The Balaban J connectivity index is 1.53. The summed E-state index contributed by atoms with van der Waals surface area (Å²) >= 11 is 0. The van der Waals surface area contributed by atoms with Crippen molar-refractivity contribution in [3.63, 3.8) is 0 Å². The molecule has 1 heterocycles. The minimum atomic E-state index is -0.513. The van der Waals surface area contributed by atoms with E-state index in [-0.39, 0.29) is 6.10 Å². The van der Waals surface area contributed by atoms with Gasteiger partial charge in [0.15, 0.2) is 0 Å². The molecule has 4 heteroatoms. The maximum atomic E-state index is 9.60. The maximum absolute atomic E-state index is 9.60. The van der Waals surface area contributed by atoms with Crippen LogP contribution in [0.4, 0.5) is 0 Å². The van der Waals surface area contributed by atoms with Crippen LogP contribution in [0.2, 0.25) is 0 Å². The molecule has 0 bridgehead atoms. The van der Waals surface area contributed by atoms with E-state index in [2.05, 4.69) is 17.4 Å². The second-order valence-corrected chi connectivity index (χ2v) is 5.06. The van der Waals surface area contributed by atoms with E-state index < -0.39 is 6.10 Å². The number of hydrogen-bond acceptors (Lipinski definition) is 4. The first-order valence-electron chi connectivity index (χ1n) is 6.56. The van der Waals surface area contributed by atoms with Crippen LogP contribution >= 0.6 is 0 Å². The Hall–Kier alpha value is -1.10. The van der Waals surface area contributed by atoms with E-state index in [1.54, 1.807) is 0 Å². The van der Waals surface area contributed by atoms with Crippen LogP contribution in [0.15, 0.2) is 24.3 Å². The molecule has 1 saturated heterocycles. The Kier molecular flexibility index (Phi) is 3.50. The summed E-state index contributed by atoms with van der Waals surface area (Å²) in [5.74, 6) is 0.791. The highest BCUT2D eigenvalue weighted by molar-refractivity contribution is 5.27. The predicted octanol–water partition coefficient (Wildman–Crippen LogP) is 1.08. The molecule has 0 amide bonds. The van der Waals surface area contributed by atoms with Crippen LogP contribution in [0.1, 0.15) is 18.4 Å². The molecule has 0 spiro atoms. The fourth-order valence-corrected chi connectivity index (χ4v) is 2.05. The van der Waals surface area contributed by atoms with Gasteiger partial charge in [-0.3, -0.25) is 0 Å². The highest BCUT2D eigenvalue weighted by atomic mass is 16.6. The molecule has 3 rings (SSSR count). The minimum Gasteiger partial charge on any atom is -0.485 e. The molecule has 2 aliphatic rings. The van der Waals surface area contributed by atoms with E-state index in [1.807, 2.05) is 12.1 Å². The number of hydrogen-bond donors (Lipinski definition) is 2. The fraction of sp³-hybridized carbons (Fsp3) is 0.571. The van der Waals surface area contributed by atoms with Crippen LogP contribution in [0, 0.1) is 0 Å². The Morgan fingerprint density at radius 2 is 2.00 bits per heavy atom. The molecule has 1 aliphatic carbocycles. The Bertz CT molecular complexity index is 389. The van der Waals surface area contributed by atoms with Crippen LogP contribution in [-0.4, -0.2) is 36.6 Å². The van der Waals surface area contributed by atoms with Crippen molar-refractivity contribution in [2.75, 3.05) is 13.2 Å². The third-order valence-electron chi connectivity index (χ3n) is 3.38. The molecule has 1 aromatic rings. The smallest absolute Gasteiger partial charge is 0.150 e. The number of aliphatic hydroxyl groups is 1. The van der Waals surface area contributed by atoms with Crippen molar-refractivity contribution in [2.45, 2.75) is 37.6 Å². The molecule has 1 aliphatic heterocycles. The first-order valence-corrected chi connectivity index (χ1v) is 6.56. The van der Waals surface area contributed by atoms with E-state index in [9.17, 15) is 5.11 Å². The van der Waals surface area contributed by atoms with Crippen LogP contribution < -0.4 is 10.1 Å². The quantitative estimate of drug-likeness (QED) is 0.820. The zero-order valence-corrected chi connectivity index (χ0v) is 10.3. The van der Waals surface area contributed by atoms with Gasteiger partial charge in [0.05, 0.1) is 13.2 Å². The molecule has 18 heavy (non-hydrogen) atoms. The molecule has 2 atom stereocenters. The number of nitrogens with one attached hydrogen (secondary N) is 1. The van der Waals surface area contributed by atoms with Crippen molar-refractivity contribution < 1.29 is 14.6 Å². The van der Waals surface area contributed by atoms with Gasteiger partial charge in [0.1, 0.15) is 18.0 Å². The first-order chi connectivity index (χ1) is 8.81. The maximum Gasteiger partial charge on any atom is 0.150 e. The third-order valence-corrected chi connectivity index (χ3v) is 3.38. The van der Waals surface area contributed by atoms with Crippen molar-refractivity contribution in [1.82, 2.24) is 5.32 Å². The lowest BCUT2D eigenvalue weighted by Crippen LogP contribution is -2.29. The molecule has 98 valence electrons. The summed E-state index contributed by atoms with van der Waals surface area (Å²) in [5, 5.41) is 13.1. The van der Waals surface area contributed by atoms with E-state index in [0.717, 1.165) is 18.3 Å². The van der Waals surface area contributed by atoms with Gasteiger partial charge in [-0.25, -0.2) is 0 Å². The zero-order valence-electron chi connectivity index (χ0n) is 10.3. The number of ether oxygens (including phenoxy) is 2. The summed E-state index contributed by atoms with van der Waals surface area (Å²) in [6.45, 7) is 1.75. The number of benzene rings is 1. The summed E-state index contributed by atoms with van der Waals surface area (Å²) in [4.78, 5) is 0. The topological polar surface area (TPSA) is 50.7 Å². The van der Waals surface area contributed by atoms with Crippen molar-refractivity contribution in [3.8, 4) is 5.75 Å². The molecule has 2 N–H and O–H groups in total. The summed E-state index contributed by atoms with van der Waals surface area (Å²) in [6.07, 6.45) is 1.86. The molecule has 1 saturated carbocycles. The summed E-state index contributed by atoms with van der Waals surface area (Å²) in [5.41, 5.74) is 1.26. The number of rotatable bonds is 5. The fourth-order valence-electron chi connectivity index (χ4n) is 2.05. The summed E-state index contributed by atoms with van der Waals surface area (Å²) in [6, 6.07) is 8.76. The van der Waals surface area contributed by atoms with Crippen LogP contribution in [0.25, 0.3) is 0 Å². The molecule has 1 aromatic carbocycles. The largest absolute Gasteiger partial charge is 0.485 e. The van der Waals surface area contributed by atoms with Crippen molar-refractivity contribution >= 4 is 0 Å². The lowest BCUT2D eigenvalue weighted by atomic mass is 10.2. The molecule has 0 radical (unpaired) electrons. The lowest BCUT2D eigenvalue weighted by Gasteiger charge is -2.15. The van der Waals surface area contributed by atoms with Gasteiger partial charge in [0.25, 0.3) is 0 Å². The zero-order chi connectivity index (χ0) is 12.4. The van der Waals surface area contributed by atoms with E-state index >= 15 is 0 Å². The van der Waals surface area contributed by atoms with Gasteiger partial charge in [0, 0.05) is 12.6 Å². The van der Waals surface area contributed by atoms with Gasteiger partial charge in [0.2, 0.25) is 0 Å². The Morgan fingerprint density at radius 1 is 1.22 bits per heavy atom. The minimum absolute atomic E-state index is 0.236. The third kappa shape index (κ3) is 3.02. The first kappa shape index (κ1) is 12.0. The van der Waals surface area contributed by atoms with E-state index in [4.69, 9.17) is 9.47 Å². The highest BCUT2D eigenvalue weighted by Crippen LogP contribution is 2.21. The average Bonchev–Trinajstić information content (AvgIpc) is 3.13. The van der Waals surface area contributed by atoms with Crippen molar-refractivity contribution in [2.24, 2.45) is 0 Å². The molecule has 2 fully saturated rings. The van der Waals surface area contributed by atoms with Gasteiger partial charge in [-0.2, -0.15) is 0 Å². The second-order valence-electron chi connectivity index (χ2n) is 5.06. The van der Waals surface area contributed by atoms with Gasteiger partial charge >= 0.3 is 0 Å². The van der Waals surface area contributed by atoms with Gasteiger partial charge in [-0.1, -0.05) is 12.1 Å². The predicted molar refractivity (Wildman–Crippen MR) is 67.5 cm³/mol. The normalized spacial score (nSPS) is 27.4. The molecule has 0 aromatic heterocycles. The standard InChI is InChI=1S/C14H19NO3/c16-13-8-17-9-14(13)18-12-5-1-10(2-6-12)7-15-11-3-4-11/h1-2,5-6,11,13-16H,3-4,7-9H2. The molecular weight excluding hydrogens is 230 g/mol. The van der Waals surface area contributed by atoms with Gasteiger partial charge < -0.3 is 19.9 Å². The Morgan fingerprint density at radius 3 is 2.61 bits per heavy atom. The summed E-state index contributed by atoms with van der Waals surface area (Å²) in [7, 11) is 0. The van der Waals surface area contributed by atoms with Crippen molar-refractivity contribution in [3.05, 3.63) is 29.8 Å². The van der Waals surface area contributed by atoms with Gasteiger partial charge in [-0.15, -0.1) is 0 Å². The van der Waals surface area contributed by atoms with Crippen LogP contribution in [0.5, 0.6) is 5.75 Å². The molecule has 4 nitrogen and oxygen atoms in total. The van der Waals surface area contributed by atoms with Crippen LogP contribution in [-0.2, 0) is 11.3 Å². The van der Waals surface area contributed by atoms with Crippen molar-refractivity contribution in [1.29, 1.82) is 0 Å². The average molecular weight is 249 g/mol.